The number of aromatic nitrogens is 2. The molecule has 0 bridgehead atoms. The van der Waals surface area contributed by atoms with Crippen molar-refractivity contribution in [3.63, 3.8) is 0 Å². The van der Waals surface area contributed by atoms with E-state index in [2.05, 4.69) is 17.1 Å². The Labute approximate surface area is 200 Å². The van der Waals surface area contributed by atoms with Crippen molar-refractivity contribution in [3.8, 4) is 0 Å². The van der Waals surface area contributed by atoms with Gasteiger partial charge >= 0.3 is 0 Å². The minimum absolute atomic E-state index is 0.0177. The van der Waals surface area contributed by atoms with Crippen molar-refractivity contribution in [3.05, 3.63) is 57.5 Å². The van der Waals surface area contributed by atoms with E-state index in [4.69, 9.17) is 9.72 Å². The van der Waals surface area contributed by atoms with Crippen molar-refractivity contribution in [1.82, 2.24) is 19.8 Å². The van der Waals surface area contributed by atoms with Crippen LogP contribution in [0.4, 0.5) is 0 Å². The second-order valence-electron chi connectivity index (χ2n) is 8.48. The van der Waals surface area contributed by atoms with Gasteiger partial charge in [-0.25, -0.2) is 4.98 Å². The van der Waals surface area contributed by atoms with Gasteiger partial charge in [-0.3, -0.25) is 19.1 Å². The highest BCUT2D eigenvalue weighted by molar-refractivity contribution is 8.00. The highest BCUT2D eigenvalue weighted by Gasteiger charge is 2.22. The van der Waals surface area contributed by atoms with Gasteiger partial charge in [0.15, 0.2) is 5.16 Å². The summed E-state index contributed by atoms with van der Waals surface area (Å²) < 4.78 is 6.97. The van der Waals surface area contributed by atoms with E-state index in [-0.39, 0.29) is 16.7 Å². The first kappa shape index (κ1) is 25.5. The van der Waals surface area contributed by atoms with Crippen LogP contribution in [-0.2, 0) is 23.0 Å². The molecule has 1 fully saturated rings. The maximum Gasteiger partial charge on any atom is 0.257 e. The lowest BCUT2D eigenvalue weighted by molar-refractivity contribution is -0.120. The van der Waals surface area contributed by atoms with Gasteiger partial charge < -0.3 is 10.1 Å². The van der Waals surface area contributed by atoms with E-state index in [1.165, 1.54) is 11.8 Å². The van der Waals surface area contributed by atoms with Gasteiger partial charge in [0.1, 0.15) is 0 Å². The molecule has 1 aromatic heterocycles. The minimum Gasteiger partial charge on any atom is -0.379 e. The third-order valence-corrected chi connectivity index (χ3v) is 7.23. The van der Waals surface area contributed by atoms with Crippen LogP contribution in [0.1, 0.15) is 43.0 Å². The van der Waals surface area contributed by atoms with Gasteiger partial charge in [-0.2, -0.15) is 0 Å². The quantitative estimate of drug-likeness (QED) is 0.308. The summed E-state index contributed by atoms with van der Waals surface area (Å²) in [5.74, 6) is 0.0177. The Balaban J connectivity index is 1.61. The first-order valence-corrected chi connectivity index (χ1v) is 12.7. The van der Waals surface area contributed by atoms with Crippen LogP contribution in [0.25, 0.3) is 0 Å². The van der Waals surface area contributed by atoms with E-state index < -0.39 is 0 Å². The standard InChI is InChI=1S/C25H36N4O3S/c1-4-9-22(23(30)26-12-8-13-29-14-16-32-17-15-29)33-25-27-19(2)21(24(31)28(25)3)18-20-10-6-5-7-11-20/h5-7,10-11,22H,4,8-9,12-18H2,1-3H3,(H,26,30). The number of rotatable bonds is 11. The summed E-state index contributed by atoms with van der Waals surface area (Å²) >= 11 is 1.39. The summed E-state index contributed by atoms with van der Waals surface area (Å²) in [6.45, 7) is 9.06. The van der Waals surface area contributed by atoms with Crippen molar-refractivity contribution in [2.45, 2.75) is 49.9 Å². The van der Waals surface area contributed by atoms with E-state index in [1.807, 2.05) is 37.3 Å². The summed E-state index contributed by atoms with van der Waals surface area (Å²) in [5, 5.41) is 3.41. The number of hydrogen-bond donors (Lipinski definition) is 1. The Kier molecular flexibility index (Phi) is 9.96. The molecule has 1 amide bonds. The van der Waals surface area contributed by atoms with Gasteiger partial charge in [0.2, 0.25) is 5.91 Å². The number of benzene rings is 1. The zero-order chi connectivity index (χ0) is 23.6. The Morgan fingerprint density at radius 1 is 1.24 bits per heavy atom. The molecule has 180 valence electrons. The predicted octanol–water partition coefficient (Wildman–Crippen LogP) is 2.78. The highest BCUT2D eigenvalue weighted by Crippen LogP contribution is 2.25. The molecule has 1 aliphatic heterocycles. The number of hydrogen-bond acceptors (Lipinski definition) is 6. The van der Waals surface area contributed by atoms with Gasteiger partial charge in [-0.1, -0.05) is 55.4 Å². The number of nitrogens with one attached hydrogen (secondary N) is 1. The van der Waals surface area contributed by atoms with E-state index in [0.717, 1.165) is 63.4 Å². The smallest absolute Gasteiger partial charge is 0.257 e. The Hall–Kier alpha value is -2.16. The molecule has 3 rings (SSSR count). The molecule has 7 nitrogen and oxygen atoms in total. The fourth-order valence-corrected chi connectivity index (χ4v) is 5.15. The predicted molar refractivity (Wildman–Crippen MR) is 133 cm³/mol. The third-order valence-electron chi connectivity index (χ3n) is 5.92. The molecule has 33 heavy (non-hydrogen) atoms. The van der Waals surface area contributed by atoms with Gasteiger partial charge in [0.25, 0.3) is 5.56 Å². The molecular formula is C25H36N4O3S. The zero-order valence-electron chi connectivity index (χ0n) is 20.0. The molecule has 0 saturated carbocycles. The fraction of sp³-hybridized carbons (Fsp3) is 0.560. The molecule has 1 unspecified atom stereocenters. The molecule has 2 aromatic rings. The fourth-order valence-electron chi connectivity index (χ4n) is 3.92. The molecule has 0 aliphatic carbocycles. The number of ether oxygens (including phenoxy) is 1. The second-order valence-corrected chi connectivity index (χ2v) is 9.65. The van der Waals surface area contributed by atoms with Crippen molar-refractivity contribution in [2.75, 3.05) is 39.4 Å². The molecule has 1 aliphatic rings. The number of morpholine rings is 1. The van der Waals surface area contributed by atoms with E-state index in [0.29, 0.717) is 23.7 Å². The lowest BCUT2D eigenvalue weighted by Gasteiger charge is -2.26. The lowest BCUT2D eigenvalue weighted by Crippen LogP contribution is -2.39. The maximum atomic E-state index is 13.1. The van der Waals surface area contributed by atoms with Crippen LogP contribution in [0.5, 0.6) is 0 Å². The molecule has 8 heteroatoms. The molecule has 1 atom stereocenters. The number of aryl methyl sites for hydroxylation is 1. The van der Waals surface area contributed by atoms with Crippen LogP contribution in [0, 0.1) is 6.92 Å². The second kappa shape index (κ2) is 12.9. The molecule has 0 radical (unpaired) electrons. The maximum absolute atomic E-state index is 13.1. The van der Waals surface area contributed by atoms with Crippen molar-refractivity contribution in [1.29, 1.82) is 0 Å². The van der Waals surface area contributed by atoms with Crippen molar-refractivity contribution < 1.29 is 9.53 Å². The molecule has 2 heterocycles. The zero-order valence-corrected chi connectivity index (χ0v) is 20.8. The monoisotopic (exact) mass is 472 g/mol. The molecule has 1 aromatic carbocycles. The van der Waals surface area contributed by atoms with Gasteiger partial charge in [0, 0.05) is 44.4 Å². The largest absolute Gasteiger partial charge is 0.379 e. The van der Waals surface area contributed by atoms with Crippen molar-refractivity contribution in [2.24, 2.45) is 7.05 Å². The summed E-state index contributed by atoms with van der Waals surface area (Å²) in [7, 11) is 1.74. The Morgan fingerprint density at radius 2 is 1.97 bits per heavy atom. The summed E-state index contributed by atoms with van der Waals surface area (Å²) in [4.78, 5) is 33.1. The van der Waals surface area contributed by atoms with Crippen LogP contribution in [-0.4, -0.2) is 65.0 Å². The van der Waals surface area contributed by atoms with E-state index >= 15 is 0 Å². The number of carbonyl (C=O) groups is 1. The van der Waals surface area contributed by atoms with Crippen LogP contribution in [0.2, 0.25) is 0 Å². The van der Waals surface area contributed by atoms with Crippen LogP contribution in [0.3, 0.4) is 0 Å². The number of nitrogens with zero attached hydrogens (tertiary/aromatic N) is 3. The Bertz CT molecular complexity index is 958. The van der Waals surface area contributed by atoms with E-state index in [1.54, 1.807) is 11.6 Å². The summed E-state index contributed by atoms with van der Waals surface area (Å²) in [6, 6.07) is 9.95. The minimum atomic E-state index is -0.268. The molecule has 1 saturated heterocycles. The molecular weight excluding hydrogens is 436 g/mol. The van der Waals surface area contributed by atoms with Gasteiger partial charge in [0.05, 0.1) is 18.5 Å². The van der Waals surface area contributed by atoms with Crippen LogP contribution >= 0.6 is 11.8 Å². The third kappa shape index (κ3) is 7.42. The summed E-state index contributed by atoms with van der Waals surface area (Å²) in [6.07, 6.45) is 3.09. The average molecular weight is 473 g/mol. The van der Waals surface area contributed by atoms with Crippen LogP contribution < -0.4 is 10.9 Å². The van der Waals surface area contributed by atoms with Gasteiger partial charge in [-0.05, 0) is 31.9 Å². The Morgan fingerprint density at radius 3 is 2.67 bits per heavy atom. The average Bonchev–Trinajstić information content (AvgIpc) is 2.83. The lowest BCUT2D eigenvalue weighted by atomic mass is 10.1. The number of amides is 1. The van der Waals surface area contributed by atoms with Gasteiger partial charge in [-0.15, -0.1) is 0 Å². The normalized spacial score (nSPS) is 15.4. The highest BCUT2D eigenvalue weighted by atomic mass is 32.2. The number of carbonyl (C=O) groups excluding carboxylic acids is 1. The van der Waals surface area contributed by atoms with Crippen LogP contribution in [0.15, 0.2) is 40.3 Å². The topological polar surface area (TPSA) is 76.5 Å². The SMILES string of the molecule is CCCC(Sc1nc(C)c(Cc2ccccc2)c(=O)n1C)C(=O)NCCCN1CCOCC1. The molecule has 1 N–H and O–H groups in total. The number of thioether (sulfide) groups is 1. The molecule has 0 spiro atoms. The summed E-state index contributed by atoms with van der Waals surface area (Å²) in [5.41, 5.74) is 2.47. The van der Waals surface area contributed by atoms with E-state index in [9.17, 15) is 9.59 Å². The first-order valence-electron chi connectivity index (χ1n) is 11.8. The first-order chi connectivity index (χ1) is 16.0. The van der Waals surface area contributed by atoms with Crippen molar-refractivity contribution >= 4 is 17.7 Å².